The third-order valence-electron chi connectivity index (χ3n) is 15.3. The van der Waals surface area contributed by atoms with Crippen LogP contribution in [0, 0.1) is 12.0 Å². The molecule has 2 fully saturated rings. The van der Waals surface area contributed by atoms with Crippen LogP contribution < -0.4 is 32.3 Å². The number of carbonyl (C=O) groups excluding carboxylic acids is 3. The summed E-state index contributed by atoms with van der Waals surface area (Å²) >= 11 is 45.7. The lowest BCUT2D eigenvalue weighted by atomic mass is 10.1. The molecule has 2 aliphatic heterocycles. The average molecular weight is 3060 g/mol. The van der Waals surface area contributed by atoms with Crippen molar-refractivity contribution in [2.75, 3.05) is 74.3 Å². The smallest absolute Gasteiger partial charge is 0.285 e. The molecule has 15 atom stereocenters. The molecule has 15 unspecified atom stereocenters. The van der Waals surface area contributed by atoms with Crippen molar-refractivity contribution in [2.24, 2.45) is 10.3 Å². The van der Waals surface area contributed by atoms with Crippen LogP contribution in [0.15, 0.2) is 208 Å². The van der Waals surface area contributed by atoms with Gasteiger partial charge in [-0.3, -0.25) is 19.7 Å². The molecule has 0 bridgehead atoms. The number of rotatable bonds is 19. The highest BCUT2D eigenvalue weighted by Gasteiger charge is 2.48. The van der Waals surface area contributed by atoms with Gasteiger partial charge in [0, 0.05) is 111 Å². The SMILES string of the molecule is Brc1cnc2nc(N3CCOCC3)sc2c1.C1COCCN1.CC(C)(C)ON=O.Clc1nc2ncc(Br)cc2s1.Nc1nc2ncc(Br)cc2s1.Nc1ncc(Br)cc1I.O=C(N=C=S)c1ccccc1.O=C(NC(=S)Cc1ccc(Br)cc1I)c1ccccc1.O=C(Nc1nc2ncc(Br)cc2s1)c1ccccc1.PP(P)P(P(P)P)P(P(P)P)P(P(P(P)P)P(P)P)P(P(P)P)P(P)P. The minimum Gasteiger partial charge on any atom is -0.383 e. The van der Waals surface area contributed by atoms with Gasteiger partial charge in [-0.1, -0.05) is 134 Å². The number of thiazole rings is 4. The van der Waals surface area contributed by atoms with Crippen molar-refractivity contribution in [2.45, 2.75) is 32.8 Å². The van der Waals surface area contributed by atoms with Crippen molar-refractivity contribution in [1.82, 2.24) is 55.5 Å². The summed E-state index contributed by atoms with van der Waals surface area (Å²) in [5.41, 5.74) is 16.3. The molecule has 3 amide bonds. The van der Waals surface area contributed by atoms with Crippen molar-refractivity contribution >= 4 is 521 Å². The lowest BCUT2D eigenvalue weighted by molar-refractivity contribution is -0.00231. The number of isothiocyanates is 1. The molecular formula is C71H90Br6ClI2N17O7P26S6. The zero-order valence-electron chi connectivity index (χ0n) is 71.2. The zero-order chi connectivity index (χ0) is 100. The van der Waals surface area contributed by atoms with Crippen LogP contribution in [0.1, 0.15) is 57.4 Å². The molecule has 730 valence electrons. The standard InChI is InChI=1S/C15H11BrINOS.C13H8BrN3OS.C10H10BrN3OS.C8H5NOS.C6H2BrClN2S.C6H4BrN3S.C5H4BrIN2.C4H9NO2.C4H9NO.H28P26/c16-12-7-6-11(13(17)9-12)8-14(20)18-15(19)10-4-2-1-3-5-10;14-9-6-10-11(15-7-9)16-13(19-10)17-12(18)8-4-2-1-3-5-8;11-7-5-8-9(12-6-7)13-10(16-8)14-1-3-15-4-2-14;10-8(9-6-11)7-4-2-1-3-5-7;2*7-3-1-4-5(9-2-3)10-6(8)11-4;6-3-1-4(7)5(8)9-2-3;1-4(2,3)7-5-6;1-3-6-4-2-5-1;1-15(2)22(16(3)4)25(21(13)14)26(23(17(5)6)18(7)8)24(19(9)10)20(11)12/h1-7,9H,8H2,(H,18,19,20);1-7H,(H,15,16,17,18);5-6H,1-4H2;1-5H;1-2H;1-2H,(H2,8,9,10);1-2H,(H2,8,9);1-3H3;5H,1-4H2;1-14H2. The van der Waals surface area contributed by atoms with Gasteiger partial charge in [0.15, 0.2) is 47.8 Å². The molecule has 13 aromatic rings. The summed E-state index contributed by atoms with van der Waals surface area (Å²) in [5, 5.41) is 15.1. The number of anilines is 4. The van der Waals surface area contributed by atoms with Gasteiger partial charge in [-0.25, -0.2) is 34.9 Å². The first kappa shape index (κ1) is 130. The van der Waals surface area contributed by atoms with E-state index in [4.69, 9.17) is 44.8 Å². The van der Waals surface area contributed by atoms with Gasteiger partial charge in [-0.15, -0.1) is 141 Å². The van der Waals surface area contributed by atoms with Crippen LogP contribution in [0.3, 0.4) is 0 Å². The summed E-state index contributed by atoms with van der Waals surface area (Å²) in [7, 11) is 45.3. The number of aromatic nitrogens is 9. The number of halogens is 9. The molecule has 11 heterocycles. The summed E-state index contributed by atoms with van der Waals surface area (Å²) in [6, 6.07) is 42.7. The molecule has 0 aliphatic carbocycles. The monoisotopic (exact) mass is 3050 g/mol. The van der Waals surface area contributed by atoms with Crippen LogP contribution in [-0.4, -0.2) is 131 Å². The third kappa shape index (κ3) is 49.3. The van der Waals surface area contributed by atoms with Crippen LogP contribution in [0.2, 0.25) is 4.47 Å². The average Bonchev–Trinajstić information content (AvgIpc) is 0.913. The van der Waals surface area contributed by atoms with Crippen molar-refractivity contribution in [3.05, 3.63) is 236 Å². The van der Waals surface area contributed by atoms with Crippen LogP contribution in [0.25, 0.3) is 41.4 Å². The Morgan fingerprint density at radius 3 is 1.35 bits per heavy atom. The Hall–Kier alpha value is 5.18. The number of carbonyl (C=O) groups is 3. The Labute approximate surface area is 946 Å². The quantitative estimate of drug-likeness (QED) is 0.0125. The molecule has 2 saturated heterocycles. The van der Waals surface area contributed by atoms with Gasteiger partial charge in [0.05, 0.1) is 58.9 Å². The van der Waals surface area contributed by atoms with Gasteiger partial charge in [0.25, 0.3) is 17.7 Å². The number of morpholine rings is 2. The highest BCUT2D eigenvalue weighted by molar-refractivity contribution is 14.1. The van der Waals surface area contributed by atoms with Crippen molar-refractivity contribution in [1.29, 1.82) is 0 Å². The first-order valence-electron chi connectivity index (χ1n) is 37.7. The first-order chi connectivity index (χ1) is 64.5. The Morgan fingerprint density at radius 1 is 0.522 bits per heavy atom. The van der Waals surface area contributed by atoms with Crippen LogP contribution in [-0.2, 0) is 20.7 Å². The summed E-state index contributed by atoms with van der Waals surface area (Å²) in [4.78, 5) is 92.0. The topological polar surface area (TPSA) is 328 Å². The highest BCUT2D eigenvalue weighted by atomic mass is 127. The number of nitrogens with one attached hydrogen (secondary N) is 3. The minimum atomic E-state index is -0.429. The maximum Gasteiger partial charge on any atom is 0.285 e. The van der Waals surface area contributed by atoms with E-state index < -0.39 is 5.60 Å². The molecule has 7 N–H and O–H groups in total. The second-order valence-electron chi connectivity index (χ2n) is 26.5. The van der Waals surface area contributed by atoms with Gasteiger partial charge in [-0.2, -0.15) is 15.0 Å². The van der Waals surface area contributed by atoms with Gasteiger partial charge in [-0.05, 0) is 326 Å². The Morgan fingerprint density at radius 2 is 0.926 bits per heavy atom. The van der Waals surface area contributed by atoms with E-state index in [0.717, 1.165) is 127 Å². The van der Waals surface area contributed by atoms with Gasteiger partial charge >= 0.3 is 0 Å². The molecule has 15 rings (SSSR count). The minimum absolute atomic E-state index is 0.0193. The maximum absolute atomic E-state index is 12.0. The molecule has 2 aliphatic rings. The number of nitrogen functional groups attached to an aromatic ring is 2. The number of hydrogen-bond acceptors (Lipinski definition) is 27. The molecule has 136 heavy (non-hydrogen) atoms. The summed E-state index contributed by atoms with van der Waals surface area (Å²) in [6.45, 7) is 12.7. The van der Waals surface area contributed by atoms with Gasteiger partial charge in [0.1, 0.15) is 11.4 Å². The Kier molecular flexibility index (Phi) is 67.4. The predicted molar refractivity (Wildman–Crippen MR) is 709 cm³/mol. The van der Waals surface area contributed by atoms with Crippen molar-refractivity contribution in [3.8, 4) is 0 Å². The highest BCUT2D eigenvalue weighted by Crippen LogP contribution is 3.35. The molecule has 0 radical (unpaired) electrons. The first-order valence-corrected chi connectivity index (χ1v) is 95.6. The normalized spacial score (nSPS) is 12.5. The van der Waals surface area contributed by atoms with Crippen LogP contribution in [0.5, 0.6) is 0 Å². The van der Waals surface area contributed by atoms with Gasteiger partial charge < -0.3 is 41.3 Å². The summed E-state index contributed by atoms with van der Waals surface area (Å²) in [6.07, 6.45) is 9.12. The number of nitrogens with zero attached hydrogens (tertiary/aromatic N) is 12. The molecule has 4 aromatic carbocycles. The predicted octanol–water partition coefficient (Wildman–Crippen LogP) is 35.4. The fraction of sp³-hybridized carbons (Fsp3) is 0.183. The largest absolute Gasteiger partial charge is 0.383 e. The van der Waals surface area contributed by atoms with Crippen molar-refractivity contribution in [3.63, 3.8) is 0 Å². The number of amides is 3. The summed E-state index contributed by atoms with van der Waals surface area (Å²) in [5.74, 6) is -0.0964. The zero-order valence-corrected chi connectivity index (χ0v) is 118. The number of pyridine rings is 5. The fourth-order valence-electron chi connectivity index (χ4n) is 9.66. The Bertz CT molecular complexity index is 5890. The number of aliphatic imine (C=N–C) groups is 1. The van der Waals surface area contributed by atoms with E-state index in [0.29, 0.717) is 59.9 Å². The second kappa shape index (κ2) is 70.6. The van der Waals surface area contributed by atoms with E-state index in [2.05, 4.69) is 365 Å². The number of nitrogens with two attached hydrogens (primary N) is 2. The lowest BCUT2D eigenvalue weighted by Gasteiger charge is -2.50. The number of ether oxygens (including phenoxy) is 2. The summed E-state index contributed by atoms with van der Waals surface area (Å²) < 4.78 is 22.8. The van der Waals surface area contributed by atoms with E-state index in [9.17, 15) is 19.3 Å². The van der Waals surface area contributed by atoms with Crippen molar-refractivity contribution < 1.29 is 28.7 Å². The molecular weight excluding hydrogens is 2970 g/mol. The van der Waals surface area contributed by atoms with E-state index >= 15 is 0 Å². The van der Waals surface area contributed by atoms with E-state index in [1.165, 1.54) is 34.0 Å². The molecule has 24 nitrogen and oxygen atoms in total. The van der Waals surface area contributed by atoms with Crippen LogP contribution >= 0.6 is 431 Å². The van der Waals surface area contributed by atoms with Gasteiger partial charge in [0.2, 0.25) is 0 Å². The molecule has 0 spiro atoms. The fourth-order valence-corrected chi connectivity index (χ4v) is 353. The van der Waals surface area contributed by atoms with E-state index in [-0.39, 0.29) is 102 Å². The Balaban J connectivity index is 0.000000238. The van der Waals surface area contributed by atoms with Crippen LogP contribution in [0.4, 0.5) is 21.2 Å². The van der Waals surface area contributed by atoms with E-state index in [1.54, 1.807) is 112 Å². The number of hydrogen-bond donors (Lipinski definition) is 5. The number of thiocarbonyl (C=S) groups is 2. The third-order valence-corrected chi connectivity index (χ3v) is 191. The number of fused-ring (bicyclic) bond motifs is 4. The maximum atomic E-state index is 12.0. The number of benzene rings is 4. The second-order valence-corrected chi connectivity index (χ2v) is 144. The molecule has 9 aromatic heterocycles. The molecule has 65 heteroatoms. The van der Waals surface area contributed by atoms with E-state index in [1.807, 2.05) is 90.1 Å². The molecule has 0 saturated carbocycles. The lowest BCUT2D eigenvalue weighted by Crippen LogP contribution is -2.36.